The van der Waals surface area contributed by atoms with E-state index < -0.39 is 28.6 Å². The lowest BCUT2D eigenvalue weighted by Crippen LogP contribution is -2.32. The van der Waals surface area contributed by atoms with E-state index in [2.05, 4.69) is 0 Å². The van der Waals surface area contributed by atoms with Crippen LogP contribution in [0.5, 0.6) is 0 Å². The van der Waals surface area contributed by atoms with Gasteiger partial charge in [0.15, 0.2) is 5.82 Å². The first kappa shape index (κ1) is 18.9. The summed E-state index contributed by atoms with van der Waals surface area (Å²) in [5.74, 6) is -2.90. The predicted octanol–water partition coefficient (Wildman–Crippen LogP) is 2.88. The Kier molecular flexibility index (Phi) is 4.61. The molecule has 0 radical (unpaired) electrons. The van der Waals surface area contributed by atoms with Crippen LogP contribution in [0, 0.1) is 17.6 Å². The molecule has 2 atom stereocenters. The van der Waals surface area contributed by atoms with E-state index in [9.17, 15) is 19.1 Å². The molecule has 28 heavy (non-hydrogen) atoms. The van der Waals surface area contributed by atoms with E-state index in [0.29, 0.717) is 13.1 Å². The van der Waals surface area contributed by atoms with Crippen molar-refractivity contribution >= 4 is 22.6 Å². The van der Waals surface area contributed by atoms with Crippen LogP contribution in [0.25, 0.3) is 10.9 Å². The molecule has 1 aromatic heterocycles. The maximum atomic E-state index is 15.5. The summed E-state index contributed by atoms with van der Waals surface area (Å²) in [6.45, 7) is 2.92. The van der Waals surface area contributed by atoms with Gasteiger partial charge in [-0.05, 0) is 37.7 Å². The van der Waals surface area contributed by atoms with Gasteiger partial charge in [-0.25, -0.2) is 13.6 Å². The van der Waals surface area contributed by atoms with E-state index in [0.717, 1.165) is 31.7 Å². The van der Waals surface area contributed by atoms with Gasteiger partial charge >= 0.3 is 5.97 Å². The number of carboxylic acid groups (broad SMARTS) is 1. The first-order valence-corrected chi connectivity index (χ1v) is 9.64. The molecule has 6 nitrogen and oxygen atoms in total. The van der Waals surface area contributed by atoms with Crippen LogP contribution in [0.2, 0.25) is 0 Å². The molecule has 2 heterocycles. The van der Waals surface area contributed by atoms with E-state index in [-0.39, 0.29) is 34.6 Å². The summed E-state index contributed by atoms with van der Waals surface area (Å²) in [7, 11) is 0. The van der Waals surface area contributed by atoms with Crippen LogP contribution in [0.4, 0.5) is 14.5 Å². The minimum Gasteiger partial charge on any atom is -0.477 e. The number of carboxylic acids is 1. The topological polar surface area (TPSA) is 88.6 Å². The first-order chi connectivity index (χ1) is 13.3. The van der Waals surface area contributed by atoms with Crippen molar-refractivity contribution in [3.05, 3.63) is 39.7 Å². The zero-order chi connectivity index (χ0) is 20.2. The van der Waals surface area contributed by atoms with Crippen molar-refractivity contribution in [2.45, 2.75) is 44.7 Å². The Hall–Kier alpha value is -2.48. The van der Waals surface area contributed by atoms with E-state index in [1.807, 2.05) is 6.92 Å². The highest BCUT2D eigenvalue weighted by atomic mass is 19.1. The number of halogens is 2. The minimum atomic E-state index is -1.40. The fourth-order valence-electron chi connectivity index (χ4n) is 4.19. The van der Waals surface area contributed by atoms with E-state index >= 15 is 4.39 Å². The average Bonchev–Trinajstić information content (AvgIpc) is 3.39. The summed E-state index contributed by atoms with van der Waals surface area (Å²) in [6.07, 6.45) is 4.26. The molecule has 8 heteroatoms. The van der Waals surface area contributed by atoms with Gasteiger partial charge in [-0.3, -0.25) is 4.79 Å². The Morgan fingerprint density at radius 3 is 2.68 bits per heavy atom. The fourth-order valence-corrected chi connectivity index (χ4v) is 4.19. The molecule has 1 saturated heterocycles. The second-order valence-electron chi connectivity index (χ2n) is 7.80. The van der Waals surface area contributed by atoms with Crippen LogP contribution in [0.15, 0.2) is 17.1 Å². The third-order valence-corrected chi connectivity index (χ3v) is 5.97. The van der Waals surface area contributed by atoms with Gasteiger partial charge in [-0.1, -0.05) is 6.92 Å². The number of aromatic nitrogens is 1. The second-order valence-corrected chi connectivity index (χ2v) is 7.80. The highest BCUT2D eigenvalue weighted by Crippen LogP contribution is 2.40. The zero-order valence-electron chi connectivity index (χ0n) is 15.6. The molecular weight excluding hydrogens is 368 g/mol. The Balaban J connectivity index is 1.89. The van der Waals surface area contributed by atoms with Crippen LogP contribution < -0.4 is 16.1 Å². The number of aromatic carboxylic acids is 1. The predicted molar refractivity (Wildman–Crippen MR) is 102 cm³/mol. The van der Waals surface area contributed by atoms with Gasteiger partial charge in [0, 0.05) is 31.4 Å². The van der Waals surface area contributed by atoms with Crippen molar-refractivity contribution in [1.82, 2.24) is 4.57 Å². The molecule has 0 amide bonds. The number of nitrogens with zero attached hydrogens (tertiary/aromatic N) is 2. The van der Waals surface area contributed by atoms with Crippen molar-refractivity contribution in [2.75, 3.05) is 18.0 Å². The third kappa shape index (κ3) is 2.96. The van der Waals surface area contributed by atoms with Crippen molar-refractivity contribution < 1.29 is 18.7 Å². The smallest absolute Gasteiger partial charge is 0.341 e. The van der Waals surface area contributed by atoms with Crippen LogP contribution in [0.3, 0.4) is 0 Å². The minimum absolute atomic E-state index is 0.0165. The molecule has 1 aliphatic carbocycles. The monoisotopic (exact) mass is 391 g/mol. The standard InChI is InChI=1S/C20H23F2N3O3/c1-2-15(23)10-5-6-24(8-10)18-14(21)7-12-17(16(18)22)25(11-3-4-11)9-13(19(12)26)20(27)28/h7,9-11,15H,2-6,8,23H2,1H3,(H,27,28)/t10?,15-/m1/s1. The molecule has 0 spiro atoms. The number of rotatable bonds is 5. The second kappa shape index (κ2) is 6.84. The molecule has 2 aromatic rings. The van der Waals surface area contributed by atoms with Gasteiger partial charge < -0.3 is 20.3 Å². The van der Waals surface area contributed by atoms with Crippen molar-refractivity contribution in [3.8, 4) is 0 Å². The van der Waals surface area contributed by atoms with E-state index in [1.54, 1.807) is 4.90 Å². The molecule has 1 saturated carbocycles. The Morgan fingerprint density at radius 2 is 2.07 bits per heavy atom. The molecule has 1 aromatic carbocycles. The van der Waals surface area contributed by atoms with Crippen LogP contribution >= 0.6 is 0 Å². The maximum absolute atomic E-state index is 15.5. The average molecular weight is 391 g/mol. The highest BCUT2D eigenvalue weighted by Gasteiger charge is 2.34. The van der Waals surface area contributed by atoms with Gasteiger partial charge in [-0.2, -0.15) is 0 Å². The number of hydrogen-bond donors (Lipinski definition) is 2. The Morgan fingerprint density at radius 1 is 1.36 bits per heavy atom. The quantitative estimate of drug-likeness (QED) is 0.818. The lowest BCUT2D eigenvalue weighted by atomic mass is 9.98. The van der Waals surface area contributed by atoms with Crippen molar-refractivity contribution in [1.29, 1.82) is 0 Å². The third-order valence-electron chi connectivity index (χ3n) is 5.97. The number of carbonyl (C=O) groups is 1. The molecule has 0 bridgehead atoms. The van der Waals surface area contributed by atoms with Crippen LogP contribution in [-0.2, 0) is 0 Å². The van der Waals surface area contributed by atoms with Crippen molar-refractivity contribution in [2.24, 2.45) is 11.7 Å². The summed E-state index contributed by atoms with van der Waals surface area (Å²) < 4.78 is 31.9. The summed E-state index contributed by atoms with van der Waals surface area (Å²) in [6, 6.07) is 0.877. The normalized spacial score (nSPS) is 20.7. The largest absolute Gasteiger partial charge is 0.477 e. The number of benzene rings is 1. The number of anilines is 1. The van der Waals surface area contributed by atoms with Crippen molar-refractivity contribution in [3.63, 3.8) is 0 Å². The van der Waals surface area contributed by atoms with Crippen LogP contribution in [-0.4, -0.2) is 34.8 Å². The summed E-state index contributed by atoms with van der Waals surface area (Å²) in [5, 5.41) is 9.07. The fraction of sp³-hybridized carbons (Fsp3) is 0.500. The number of hydrogen-bond acceptors (Lipinski definition) is 4. The van der Waals surface area contributed by atoms with Gasteiger partial charge in [0.2, 0.25) is 5.43 Å². The van der Waals surface area contributed by atoms with E-state index in [1.165, 1.54) is 10.8 Å². The molecule has 2 fully saturated rings. The lowest BCUT2D eigenvalue weighted by molar-refractivity contribution is 0.0695. The first-order valence-electron chi connectivity index (χ1n) is 9.64. The summed E-state index contributed by atoms with van der Waals surface area (Å²) in [5.41, 5.74) is 4.60. The summed E-state index contributed by atoms with van der Waals surface area (Å²) >= 11 is 0. The molecular formula is C20H23F2N3O3. The van der Waals surface area contributed by atoms with Gasteiger partial charge in [0.25, 0.3) is 0 Å². The van der Waals surface area contributed by atoms with Gasteiger partial charge in [0.05, 0.1) is 10.9 Å². The number of fused-ring (bicyclic) bond motifs is 1. The van der Waals surface area contributed by atoms with Gasteiger partial charge in [0.1, 0.15) is 17.1 Å². The zero-order valence-corrected chi connectivity index (χ0v) is 15.6. The molecule has 1 aliphatic heterocycles. The number of nitrogens with two attached hydrogens (primary N) is 1. The molecule has 150 valence electrons. The molecule has 4 rings (SSSR count). The lowest BCUT2D eigenvalue weighted by Gasteiger charge is -2.23. The van der Waals surface area contributed by atoms with Gasteiger partial charge in [-0.15, -0.1) is 0 Å². The highest BCUT2D eigenvalue weighted by molar-refractivity contribution is 5.94. The van der Waals surface area contributed by atoms with E-state index in [4.69, 9.17) is 5.73 Å². The molecule has 2 aliphatic rings. The molecule has 3 N–H and O–H groups in total. The number of pyridine rings is 1. The Bertz CT molecular complexity index is 1020. The summed E-state index contributed by atoms with van der Waals surface area (Å²) in [4.78, 5) is 25.6. The van der Waals surface area contributed by atoms with Crippen LogP contribution in [0.1, 0.15) is 49.0 Å². The Labute approximate surface area is 160 Å². The maximum Gasteiger partial charge on any atom is 0.341 e. The SMILES string of the molecule is CC[C@@H](N)C1CCN(c2c(F)cc3c(=O)c(C(=O)O)cn(C4CC4)c3c2F)C1. The molecule has 1 unspecified atom stereocenters.